The van der Waals surface area contributed by atoms with Crippen molar-refractivity contribution in [3.05, 3.63) is 22.4 Å². The summed E-state index contributed by atoms with van der Waals surface area (Å²) < 4.78 is 0. The van der Waals surface area contributed by atoms with Crippen molar-refractivity contribution in [1.82, 2.24) is 5.32 Å². The maximum absolute atomic E-state index is 10.7. The van der Waals surface area contributed by atoms with Gasteiger partial charge in [-0.05, 0) is 11.4 Å². The molecule has 1 aromatic rings. The second kappa shape index (κ2) is 2.47. The van der Waals surface area contributed by atoms with Gasteiger partial charge in [-0.2, -0.15) is 11.3 Å². The van der Waals surface area contributed by atoms with Gasteiger partial charge < -0.3 is 5.32 Å². The molecule has 1 aromatic heterocycles. The molecule has 1 amide bonds. The van der Waals surface area contributed by atoms with Crippen LogP contribution in [0.3, 0.4) is 0 Å². The predicted octanol–water partition coefficient (Wildman–Crippen LogP) is 0.625. The minimum absolute atomic E-state index is 0.0220. The van der Waals surface area contributed by atoms with Crippen molar-refractivity contribution in [3.8, 4) is 0 Å². The second-order valence-corrected chi connectivity index (χ2v) is 3.01. The molecule has 0 bridgehead atoms. The van der Waals surface area contributed by atoms with E-state index in [1.807, 2.05) is 16.8 Å². The summed E-state index contributed by atoms with van der Waals surface area (Å²) in [5.74, 6) is 0.683. The summed E-state index contributed by atoms with van der Waals surface area (Å²) in [5.41, 5.74) is 1.00. The van der Waals surface area contributed by atoms with Crippen LogP contribution in [0, 0.1) is 0 Å². The number of carbonyl (C=O) groups is 1. The number of nitrogens with one attached hydrogen (secondary N) is 1. The Morgan fingerprint density at radius 3 is 3.09 bits per heavy atom. The number of hydrogen-bond acceptors (Lipinski definition) is 3. The lowest BCUT2D eigenvalue weighted by Crippen LogP contribution is -2.24. The molecule has 0 spiro atoms. The van der Waals surface area contributed by atoms with Crippen LogP contribution in [0.15, 0.2) is 21.8 Å². The first-order valence-electron chi connectivity index (χ1n) is 3.23. The molecule has 0 aliphatic carbocycles. The average Bonchev–Trinajstić information content (AvgIpc) is 2.55. The summed E-state index contributed by atoms with van der Waals surface area (Å²) in [5, 5.41) is 6.60. The molecular formula is C7H6N2OS. The van der Waals surface area contributed by atoms with E-state index in [4.69, 9.17) is 0 Å². The SMILES string of the molecule is O=C1CN=C(c2ccsc2)N1. The van der Waals surface area contributed by atoms with Crippen LogP contribution in [0.2, 0.25) is 0 Å². The smallest absolute Gasteiger partial charge is 0.247 e. The third kappa shape index (κ3) is 1.17. The minimum Gasteiger partial charge on any atom is -0.309 e. The molecule has 1 N–H and O–H groups in total. The summed E-state index contributed by atoms with van der Waals surface area (Å²) in [6.45, 7) is 0.269. The van der Waals surface area contributed by atoms with E-state index in [-0.39, 0.29) is 12.5 Å². The molecule has 0 saturated heterocycles. The molecule has 0 unspecified atom stereocenters. The van der Waals surface area contributed by atoms with Gasteiger partial charge in [-0.15, -0.1) is 0 Å². The van der Waals surface area contributed by atoms with Gasteiger partial charge >= 0.3 is 0 Å². The van der Waals surface area contributed by atoms with Crippen LogP contribution < -0.4 is 5.32 Å². The van der Waals surface area contributed by atoms with E-state index < -0.39 is 0 Å². The fraction of sp³-hybridized carbons (Fsp3) is 0.143. The van der Waals surface area contributed by atoms with E-state index in [0.717, 1.165) is 5.56 Å². The summed E-state index contributed by atoms with van der Waals surface area (Å²) in [4.78, 5) is 14.7. The van der Waals surface area contributed by atoms with Crippen LogP contribution in [0.25, 0.3) is 0 Å². The second-order valence-electron chi connectivity index (χ2n) is 2.23. The van der Waals surface area contributed by atoms with Crippen molar-refractivity contribution < 1.29 is 4.79 Å². The third-order valence-corrected chi connectivity index (χ3v) is 2.12. The molecule has 0 aromatic carbocycles. The summed E-state index contributed by atoms with van der Waals surface area (Å²) in [6, 6.07) is 1.94. The Hall–Kier alpha value is -1.16. The molecule has 0 fully saturated rings. The number of amidine groups is 1. The third-order valence-electron chi connectivity index (χ3n) is 1.43. The number of nitrogens with zero attached hydrogens (tertiary/aromatic N) is 1. The van der Waals surface area contributed by atoms with Gasteiger partial charge in [-0.3, -0.25) is 9.79 Å². The zero-order chi connectivity index (χ0) is 7.68. The highest BCUT2D eigenvalue weighted by Crippen LogP contribution is 2.07. The molecule has 4 heteroatoms. The van der Waals surface area contributed by atoms with Gasteiger partial charge in [0, 0.05) is 10.9 Å². The maximum atomic E-state index is 10.7. The molecule has 2 heterocycles. The Morgan fingerprint density at radius 2 is 2.55 bits per heavy atom. The van der Waals surface area contributed by atoms with Crippen LogP contribution in [-0.4, -0.2) is 18.3 Å². The molecule has 56 valence electrons. The van der Waals surface area contributed by atoms with Gasteiger partial charge in [0.2, 0.25) is 5.91 Å². The Kier molecular flexibility index (Phi) is 1.47. The van der Waals surface area contributed by atoms with Gasteiger partial charge in [0.15, 0.2) is 0 Å². The molecule has 3 nitrogen and oxygen atoms in total. The molecule has 1 aliphatic rings. The molecule has 2 rings (SSSR count). The van der Waals surface area contributed by atoms with Crippen LogP contribution in [0.5, 0.6) is 0 Å². The van der Waals surface area contributed by atoms with Crippen LogP contribution >= 0.6 is 11.3 Å². The van der Waals surface area contributed by atoms with Crippen molar-refractivity contribution in [2.75, 3.05) is 6.54 Å². The van der Waals surface area contributed by atoms with E-state index in [9.17, 15) is 4.79 Å². The molecule has 0 saturated carbocycles. The Labute approximate surface area is 67.8 Å². The minimum atomic E-state index is -0.0220. The summed E-state index contributed by atoms with van der Waals surface area (Å²) in [6.07, 6.45) is 0. The van der Waals surface area contributed by atoms with E-state index in [1.54, 1.807) is 11.3 Å². The zero-order valence-corrected chi connectivity index (χ0v) is 6.52. The zero-order valence-electron chi connectivity index (χ0n) is 5.70. The molecular weight excluding hydrogens is 160 g/mol. The molecule has 1 aliphatic heterocycles. The lowest BCUT2D eigenvalue weighted by atomic mass is 10.3. The number of aliphatic imine (C=N–C) groups is 1. The highest BCUT2D eigenvalue weighted by atomic mass is 32.1. The van der Waals surface area contributed by atoms with E-state index in [2.05, 4.69) is 10.3 Å². The lowest BCUT2D eigenvalue weighted by molar-refractivity contribution is -0.117. The van der Waals surface area contributed by atoms with Gasteiger partial charge in [0.05, 0.1) is 0 Å². The predicted molar refractivity (Wildman–Crippen MR) is 43.9 cm³/mol. The standard InChI is InChI=1S/C7H6N2OS/c10-6-3-8-7(9-6)5-1-2-11-4-5/h1-2,4H,3H2,(H,8,9,10). The molecule has 0 radical (unpaired) electrons. The topological polar surface area (TPSA) is 41.5 Å². The molecule has 11 heavy (non-hydrogen) atoms. The van der Waals surface area contributed by atoms with E-state index in [1.165, 1.54) is 0 Å². The molecule has 0 atom stereocenters. The Bertz CT molecular complexity index is 302. The monoisotopic (exact) mass is 166 g/mol. The van der Waals surface area contributed by atoms with E-state index >= 15 is 0 Å². The van der Waals surface area contributed by atoms with Crippen molar-refractivity contribution in [2.24, 2.45) is 4.99 Å². The fourth-order valence-corrected chi connectivity index (χ4v) is 1.57. The Morgan fingerprint density at radius 1 is 1.64 bits per heavy atom. The van der Waals surface area contributed by atoms with Crippen LogP contribution in [0.4, 0.5) is 0 Å². The van der Waals surface area contributed by atoms with Gasteiger partial charge in [-0.25, -0.2) is 0 Å². The van der Waals surface area contributed by atoms with Crippen molar-refractivity contribution in [1.29, 1.82) is 0 Å². The van der Waals surface area contributed by atoms with Crippen LogP contribution in [0.1, 0.15) is 5.56 Å². The summed E-state index contributed by atoms with van der Waals surface area (Å²) >= 11 is 1.60. The van der Waals surface area contributed by atoms with Crippen molar-refractivity contribution >= 4 is 23.1 Å². The lowest BCUT2D eigenvalue weighted by Gasteiger charge is -1.94. The largest absolute Gasteiger partial charge is 0.309 e. The first kappa shape index (κ1) is 6.54. The first-order valence-corrected chi connectivity index (χ1v) is 4.17. The van der Waals surface area contributed by atoms with Crippen molar-refractivity contribution in [2.45, 2.75) is 0 Å². The normalized spacial score (nSPS) is 16.4. The van der Waals surface area contributed by atoms with Gasteiger partial charge in [0.25, 0.3) is 0 Å². The highest BCUT2D eigenvalue weighted by Gasteiger charge is 2.14. The van der Waals surface area contributed by atoms with E-state index in [0.29, 0.717) is 5.84 Å². The van der Waals surface area contributed by atoms with Crippen LogP contribution in [-0.2, 0) is 4.79 Å². The fourth-order valence-electron chi connectivity index (χ4n) is 0.925. The Balaban J connectivity index is 2.26. The van der Waals surface area contributed by atoms with Crippen molar-refractivity contribution in [3.63, 3.8) is 0 Å². The number of carbonyl (C=O) groups excluding carboxylic acids is 1. The highest BCUT2D eigenvalue weighted by molar-refractivity contribution is 7.08. The number of thiophene rings is 1. The van der Waals surface area contributed by atoms with Gasteiger partial charge in [-0.1, -0.05) is 0 Å². The van der Waals surface area contributed by atoms with Gasteiger partial charge in [0.1, 0.15) is 12.4 Å². The number of hydrogen-bond donors (Lipinski definition) is 1. The first-order chi connectivity index (χ1) is 5.36. The quantitative estimate of drug-likeness (QED) is 0.653. The number of rotatable bonds is 1. The summed E-state index contributed by atoms with van der Waals surface area (Å²) in [7, 11) is 0. The number of amides is 1. The maximum Gasteiger partial charge on any atom is 0.247 e. The average molecular weight is 166 g/mol.